The molecule has 44 heavy (non-hydrogen) atoms. The van der Waals surface area contributed by atoms with Crippen LogP contribution in [0.1, 0.15) is 58.4 Å². The fraction of sp³-hybridized carbons (Fsp3) is 0.200. The van der Waals surface area contributed by atoms with Crippen molar-refractivity contribution in [1.29, 1.82) is 0 Å². The normalized spacial score (nSPS) is 18.8. The molecule has 3 aliphatic rings. The molecular weight excluding hydrogens is 536 g/mol. The van der Waals surface area contributed by atoms with E-state index < -0.39 is 0 Å². The van der Waals surface area contributed by atoms with Crippen LogP contribution in [0.3, 0.4) is 0 Å². The lowest BCUT2D eigenvalue weighted by Crippen LogP contribution is -2.29. The molecule has 0 unspecified atom stereocenters. The van der Waals surface area contributed by atoms with Crippen molar-refractivity contribution in [2.24, 2.45) is 4.99 Å². The maximum atomic E-state index is 4.74. The Labute approximate surface area is 263 Å². The average Bonchev–Trinajstić information content (AvgIpc) is 3.04. The highest BCUT2D eigenvalue weighted by atomic mass is 15.2. The van der Waals surface area contributed by atoms with E-state index in [4.69, 9.17) is 4.98 Å². The quantitative estimate of drug-likeness (QED) is 0.322. The first-order chi connectivity index (χ1) is 21.3. The van der Waals surface area contributed by atoms with Crippen molar-refractivity contribution in [2.75, 3.05) is 10.2 Å². The predicted octanol–water partition coefficient (Wildman–Crippen LogP) is 10.6. The van der Waals surface area contributed by atoms with Crippen LogP contribution >= 0.6 is 0 Å². The van der Waals surface area contributed by atoms with Gasteiger partial charge in [0.25, 0.3) is 0 Å². The van der Waals surface area contributed by atoms with Gasteiger partial charge in [0.2, 0.25) is 0 Å². The Bertz CT molecular complexity index is 1730. The van der Waals surface area contributed by atoms with Gasteiger partial charge in [-0.15, -0.1) is 0 Å². The third-order valence-electron chi connectivity index (χ3n) is 8.62. The molecule has 5 rings (SSSR count). The van der Waals surface area contributed by atoms with E-state index in [1.54, 1.807) is 6.20 Å². The molecule has 0 amide bonds. The van der Waals surface area contributed by atoms with Gasteiger partial charge in [0, 0.05) is 46.3 Å². The van der Waals surface area contributed by atoms with Gasteiger partial charge in [-0.25, -0.2) is 4.98 Å². The van der Waals surface area contributed by atoms with Gasteiger partial charge < -0.3 is 10.2 Å². The zero-order chi connectivity index (χ0) is 31.4. The summed E-state index contributed by atoms with van der Waals surface area (Å²) in [6.45, 7) is 28.0. The lowest BCUT2D eigenvalue weighted by molar-refractivity contribution is 0.743. The SMILES string of the molecule is C=CN=C1C=C(CC)C(CC)=C/C1=C(/C)C(=C)c1ccc(NC(=C)C2=CC3=C(CCCC3=C)N(c3ccccc3)C2=C)nc1. The van der Waals surface area contributed by atoms with Gasteiger partial charge in [-0.1, -0.05) is 64.9 Å². The molecule has 0 saturated heterocycles. The fourth-order valence-corrected chi connectivity index (χ4v) is 6.11. The molecule has 0 atom stereocenters. The van der Waals surface area contributed by atoms with Crippen LogP contribution in [0, 0.1) is 0 Å². The average molecular weight is 579 g/mol. The van der Waals surface area contributed by atoms with E-state index >= 15 is 0 Å². The lowest BCUT2D eigenvalue weighted by Gasteiger charge is -2.38. The van der Waals surface area contributed by atoms with Crippen molar-refractivity contribution < 1.29 is 0 Å². The van der Waals surface area contributed by atoms with Crippen LogP contribution in [0.5, 0.6) is 0 Å². The van der Waals surface area contributed by atoms with Gasteiger partial charge >= 0.3 is 0 Å². The Morgan fingerprint density at radius 3 is 2.36 bits per heavy atom. The monoisotopic (exact) mass is 578 g/mol. The number of aliphatic imine (C=N–C) groups is 1. The zero-order valence-electron chi connectivity index (χ0n) is 26.3. The summed E-state index contributed by atoms with van der Waals surface area (Å²) < 4.78 is 0. The maximum Gasteiger partial charge on any atom is 0.130 e. The molecule has 1 aliphatic heterocycles. The minimum Gasteiger partial charge on any atom is -0.340 e. The summed E-state index contributed by atoms with van der Waals surface area (Å²) in [5.74, 6) is 0.703. The summed E-state index contributed by atoms with van der Waals surface area (Å²) in [7, 11) is 0. The van der Waals surface area contributed by atoms with Gasteiger partial charge in [0.05, 0.1) is 5.71 Å². The lowest BCUT2D eigenvalue weighted by atomic mass is 9.85. The molecule has 1 N–H and O–H groups in total. The number of rotatable bonds is 9. The molecule has 2 aliphatic carbocycles. The Kier molecular flexibility index (Phi) is 9.10. The van der Waals surface area contributed by atoms with E-state index in [1.807, 2.05) is 24.4 Å². The van der Waals surface area contributed by atoms with Crippen molar-refractivity contribution in [3.8, 4) is 0 Å². The van der Waals surface area contributed by atoms with Crippen LogP contribution in [-0.2, 0) is 0 Å². The number of benzene rings is 1. The summed E-state index contributed by atoms with van der Waals surface area (Å²) in [5.41, 5.74) is 14.8. The first kappa shape index (κ1) is 30.5. The Balaban J connectivity index is 1.39. The molecule has 4 nitrogen and oxygen atoms in total. The Morgan fingerprint density at radius 1 is 0.977 bits per heavy atom. The van der Waals surface area contributed by atoms with Gasteiger partial charge in [-0.3, -0.25) is 4.99 Å². The van der Waals surface area contributed by atoms with Crippen LogP contribution in [-0.4, -0.2) is 10.7 Å². The highest BCUT2D eigenvalue weighted by Crippen LogP contribution is 2.43. The minimum atomic E-state index is 0.703. The summed E-state index contributed by atoms with van der Waals surface area (Å²) in [4.78, 5) is 11.6. The molecular formula is C40H42N4. The van der Waals surface area contributed by atoms with Crippen molar-refractivity contribution in [3.05, 3.63) is 168 Å². The molecule has 0 radical (unpaired) electrons. The summed E-state index contributed by atoms with van der Waals surface area (Å²) in [6, 6.07) is 14.4. The molecule has 0 bridgehead atoms. The van der Waals surface area contributed by atoms with Gasteiger partial charge in [-0.2, -0.15) is 0 Å². The third-order valence-corrected chi connectivity index (χ3v) is 8.62. The van der Waals surface area contributed by atoms with Crippen LogP contribution in [0.2, 0.25) is 0 Å². The van der Waals surface area contributed by atoms with E-state index in [0.29, 0.717) is 5.82 Å². The molecule has 4 heteroatoms. The molecule has 222 valence electrons. The largest absolute Gasteiger partial charge is 0.340 e. The fourth-order valence-electron chi connectivity index (χ4n) is 6.11. The number of hydrogen-bond donors (Lipinski definition) is 1. The van der Waals surface area contributed by atoms with E-state index in [-0.39, 0.29) is 0 Å². The zero-order valence-corrected chi connectivity index (χ0v) is 26.3. The van der Waals surface area contributed by atoms with E-state index in [0.717, 1.165) is 88.3 Å². The molecule has 1 aromatic heterocycles. The van der Waals surface area contributed by atoms with Crippen molar-refractivity contribution in [3.63, 3.8) is 0 Å². The van der Waals surface area contributed by atoms with Crippen molar-refractivity contribution in [2.45, 2.75) is 52.9 Å². The molecule has 0 spiro atoms. The smallest absolute Gasteiger partial charge is 0.130 e. The van der Waals surface area contributed by atoms with Gasteiger partial charge in [-0.05, 0) is 121 Å². The number of nitrogens with one attached hydrogen (secondary N) is 1. The second-order valence-electron chi connectivity index (χ2n) is 11.3. The topological polar surface area (TPSA) is 40.5 Å². The van der Waals surface area contributed by atoms with Crippen LogP contribution in [0.25, 0.3) is 5.57 Å². The Morgan fingerprint density at radius 2 is 1.70 bits per heavy atom. The molecule has 0 saturated carbocycles. The van der Waals surface area contributed by atoms with Crippen LogP contribution < -0.4 is 10.2 Å². The number of para-hydroxylation sites is 1. The highest BCUT2D eigenvalue weighted by Gasteiger charge is 2.30. The standard InChI is InChI=1S/C40H42N4/c1-9-31-22-36(38(41-11-3)23-32(31)10-2)28(6)27(5)33-20-21-40(42-25-33)43-29(7)37-24-35-26(4)16-15-19-39(35)44(30(37)8)34-17-13-12-14-18-34/h11-14,17-18,20-25H,3-5,7-10,15-16,19H2,1-2,6H3,(H,42,43)/b36-28+,41-38?. The van der Waals surface area contributed by atoms with Gasteiger partial charge in [0.1, 0.15) is 5.82 Å². The number of aromatic nitrogens is 1. The van der Waals surface area contributed by atoms with Crippen LogP contribution in [0.4, 0.5) is 11.5 Å². The van der Waals surface area contributed by atoms with Gasteiger partial charge in [0.15, 0.2) is 0 Å². The number of anilines is 2. The third kappa shape index (κ3) is 5.93. The van der Waals surface area contributed by atoms with Crippen LogP contribution in [0.15, 0.2) is 167 Å². The first-order valence-electron chi connectivity index (χ1n) is 15.4. The maximum absolute atomic E-state index is 4.74. The summed E-state index contributed by atoms with van der Waals surface area (Å²) in [5, 5.41) is 3.43. The highest BCUT2D eigenvalue weighted by molar-refractivity contribution is 6.15. The number of pyridine rings is 1. The number of nitrogens with zero attached hydrogens (tertiary/aromatic N) is 3. The molecule has 1 aromatic carbocycles. The summed E-state index contributed by atoms with van der Waals surface area (Å²) in [6.07, 6.45) is 15.1. The first-order valence-corrected chi connectivity index (χ1v) is 15.4. The Hall–Kier alpha value is -4.96. The molecule has 0 fully saturated rings. The second kappa shape index (κ2) is 13.1. The van der Waals surface area contributed by atoms with E-state index in [1.165, 1.54) is 22.4 Å². The molecule has 2 aromatic rings. The number of allylic oxidation sites excluding steroid dienone is 11. The second-order valence-corrected chi connectivity index (χ2v) is 11.3. The van der Waals surface area contributed by atoms with Crippen molar-refractivity contribution in [1.82, 2.24) is 4.98 Å². The van der Waals surface area contributed by atoms with Crippen molar-refractivity contribution >= 4 is 22.8 Å². The minimum absolute atomic E-state index is 0.703. The van der Waals surface area contributed by atoms with E-state index in [2.05, 4.69) is 111 Å². The summed E-state index contributed by atoms with van der Waals surface area (Å²) >= 11 is 0. The number of hydrogen-bond acceptors (Lipinski definition) is 4. The molecule has 2 heterocycles. The predicted molar refractivity (Wildman–Crippen MR) is 189 cm³/mol. The van der Waals surface area contributed by atoms with E-state index in [9.17, 15) is 0 Å².